The fourth-order valence-corrected chi connectivity index (χ4v) is 2.78. The van der Waals surface area contributed by atoms with Gasteiger partial charge in [-0.3, -0.25) is 9.79 Å². The number of benzene rings is 2. The Hall–Kier alpha value is -3.21. The fourth-order valence-electron chi connectivity index (χ4n) is 2.78. The highest BCUT2D eigenvalue weighted by Crippen LogP contribution is 2.24. The smallest absolute Gasteiger partial charge is 0.202 e. The molecular formula is C23H25N3O2. The van der Waals surface area contributed by atoms with E-state index in [0.717, 1.165) is 16.9 Å². The molecule has 0 spiro atoms. The van der Waals surface area contributed by atoms with Crippen LogP contribution < -0.4 is 0 Å². The second kappa shape index (κ2) is 7.80. The third-order valence-corrected chi connectivity index (χ3v) is 4.42. The van der Waals surface area contributed by atoms with Crippen molar-refractivity contribution in [3.8, 4) is 11.4 Å². The molecule has 1 heterocycles. The van der Waals surface area contributed by atoms with Crippen LogP contribution in [0.4, 0.5) is 0 Å². The summed E-state index contributed by atoms with van der Waals surface area (Å²) in [7, 11) is 0. The minimum absolute atomic E-state index is 0.0184. The molecule has 0 aliphatic carbocycles. The van der Waals surface area contributed by atoms with Crippen molar-refractivity contribution in [3.05, 3.63) is 77.1 Å². The van der Waals surface area contributed by atoms with E-state index < -0.39 is 0 Å². The molecule has 0 atom stereocenters. The van der Waals surface area contributed by atoms with Crippen molar-refractivity contribution in [3.63, 3.8) is 0 Å². The molecule has 144 valence electrons. The molecule has 3 rings (SSSR count). The summed E-state index contributed by atoms with van der Waals surface area (Å²) < 4.78 is 1.68. The summed E-state index contributed by atoms with van der Waals surface area (Å²) in [6.45, 7) is 8.09. The number of hydrogen-bond donors (Lipinski definition) is 1. The lowest BCUT2D eigenvalue weighted by molar-refractivity contribution is 0.0995. The topological polar surface area (TPSA) is 67.5 Å². The van der Waals surface area contributed by atoms with Crippen molar-refractivity contribution in [2.24, 2.45) is 4.99 Å². The first-order valence-corrected chi connectivity index (χ1v) is 9.24. The maximum Gasteiger partial charge on any atom is 0.202 e. The zero-order valence-corrected chi connectivity index (χ0v) is 16.7. The summed E-state index contributed by atoms with van der Waals surface area (Å²) in [5.41, 5.74) is 3.56. The van der Waals surface area contributed by atoms with Crippen LogP contribution in [-0.2, 0) is 5.41 Å². The molecule has 0 unspecified atom stereocenters. The van der Waals surface area contributed by atoms with Gasteiger partial charge in [-0.15, -0.1) is 0 Å². The number of aliphatic imine (C=N–C) groups is 1. The summed E-state index contributed by atoms with van der Waals surface area (Å²) in [6.07, 6.45) is 1.53. The molecule has 1 N–H and O–H groups in total. The number of phenols is 1. The number of ketones is 1. The average molecular weight is 375 g/mol. The van der Waals surface area contributed by atoms with Gasteiger partial charge in [-0.2, -0.15) is 5.10 Å². The lowest BCUT2D eigenvalue weighted by Crippen LogP contribution is -2.13. The van der Waals surface area contributed by atoms with Crippen molar-refractivity contribution in [1.29, 1.82) is 0 Å². The van der Waals surface area contributed by atoms with Gasteiger partial charge in [0.05, 0.1) is 11.4 Å². The van der Waals surface area contributed by atoms with Crippen LogP contribution in [0.5, 0.6) is 5.75 Å². The van der Waals surface area contributed by atoms with E-state index in [9.17, 15) is 9.90 Å². The molecule has 1 aromatic heterocycles. The van der Waals surface area contributed by atoms with Crippen LogP contribution in [0.25, 0.3) is 5.69 Å². The maximum atomic E-state index is 12.9. The van der Waals surface area contributed by atoms with E-state index in [1.165, 1.54) is 6.21 Å². The Morgan fingerprint density at radius 1 is 1.14 bits per heavy atom. The Morgan fingerprint density at radius 3 is 2.50 bits per heavy atom. The zero-order chi connectivity index (χ0) is 20.3. The summed E-state index contributed by atoms with van der Waals surface area (Å²) >= 11 is 0. The second-order valence-corrected chi connectivity index (χ2v) is 7.87. The molecular weight excluding hydrogens is 350 g/mol. The van der Waals surface area contributed by atoms with Gasteiger partial charge in [0.25, 0.3) is 0 Å². The van der Waals surface area contributed by atoms with E-state index in [-0.39, 0.29) is 23.5 Å². The third kappa shape index (κ3) is 4.36. The average Bonchev–Trinajstić information content (AvgIpc) is 3.10. The predicted octanol–water partition coefficient (Wildman–Crippen LogP) is 4.49. The highest BCUT2D eigenvalue weighted by atomic mass is 16.3. The van der Waals surface area contributed by atoms with Crippen LogP contribution in [0, 0.1) is 6.92 Å². The van der Waals surface area contributed by atoms with Gasteiger partial charge in [-0.1, -0.05) is 45.0 Å². The molecule has 0 saturated carbocycles. The van der Waals surface area contributed by atoms with Crippen LogP contribution >= 0.6 is 0 Å². The lowest BCUT2D eigenvalue weighted by atomic mass is 9.92. The van der Waals surface area contributed by atoms with E-state index in [4.69, 9.17) is 0 Å². The molecule has 5 heteroatoms. The van der Waals surface area contributed by atoms with Crippen LogP contribution in [0.15, 0.2) is 59.6 Å². The number of aryl methyl sites for hydroxylation is 1. The molecule has 2 aromatic carbocycles. The standard InChI is InChI=1S/C23H25N3O2/c1-16-10-11-17(20(27)12-16)14-24-15-21(28)19-13-22(23(2,3)4)25-26(19)18-8-6-5-7-9-18/h5-14,27H,15H2,1-4H3. The summed E-state index contributed by atoms with van der Waals surface area (Å²) in [4.78, 5) is 17.1. The monoisotopic (exact) mass is 375 g/mol. The molecule has 0 radical (unpaired) electrons. The molecule has 0 bridgehead atoms. The van der Waals surface area contributed by atoms with E-state index in [1.807, 2.05) is 49.4 Å². The Bertz CT molecular complexity index is 1010. The minimum atomic E-state index is -0.175. The normalized spacial score (nSPS) is 11.9. The van der Waals surface area contributed by atoms with Crippen molar-refractivity contribution in [2.45, 2.75) is 33.1 Å². The molecule has 0 saturated heterocycles. The highest BCUT2D eigenvalue weighted by Gasteiger charge is 2.23. The number of Topliss-reactive ketones (excluding diaryl/α,β-unsaturated/α-hetero) is 1. The first-order valence-electron chi connectivity index (χ1n) is 9.24. The van der Waals surface area contributed by atoms with Gasteiger partial charge in [0.15, 0.2) is 0 Å². The second-order valence-electron chi connectivity index (χ2n) is 7.87. The molecule has 3 aromatic rings. The van der Waals surface area contributed by atoms with Gasteiger partial charge in [-0.25, -0.2) is 4.68 Å². The molecule has 5 nitrogen and oxygen atoms in total. The van der Waals surface area contributed by atoms with Crippen LogP contribution in [0.2, 0.25) is 0 Å². The van der Waals surface area contributed by atoms with Crippen molar-refractivity contribution >= 4 is 12.0 Å². The number of aromatic nitrogens is 2. The number of nitrogens with zero attached hydrogens (tertiary/aromatic N) is 3. The number of para-hydroxylation sites is 1. The van der Waals surface area contributed by atoms with E-state index >= 15 is 0 Å². The first kappa shape index (κ1) is 19.5. The van der Waals surface area contributed by atoms with Crippen LogP contribution in [-0.4, -0.2) is 33.4 Å². The molecule has 0 amide bonds. The number of aromatic hydroxyl groups is 1. The summed E-state index contributed by atoms with van der Waals surface area (Å²) in [5, 5.41) is 14.6. The predicted molar refractivity (Wildman–Crippen MR) is 112 cm³/mol. The van der Waals surface area contributed by atoms with Crippen molar-refractivity contribution in [2.75, 3.05) is 6.54 Å². The zero-order valence-electron chi connectivity index (χ0n) is 16.7. The van der Waals surface area contributed by atoms with E-state index in [0.29, 0.717) is 11.3 Å². The molecule has 28 heavy (non-hydrogen) atoms. The summed E-state index contributed by atoms with van der Waals surface area (Å²) in [6, 6.07) is 16.8. The van der Waals surface area contributed by atoms with Crippen LogP contribution in [0.3, 0.4) is 0 Å². The Morgan fingerprint density at radius 2 is 1.86 bits per heavy atom. The maximum absolute atomic E-state index is 12.9. The minimum Gasteiger partial charge on any atom is -0.507 e. The number of rotatable bonds is 5. The number of carbonyl (C=O) groups excluding carboxylic acids is 1. The highest BCUT2D eigenvalue weighted by molar-refractivity contribution is 5.98. The molecule has 0 aliphatic heterocycles. The summed E-state index contributed by atoms with van der Waals surface area (Å²) in [5.74, 6) is 0.0234. The van der Waals surface area contributed by atoms with Crippen molar-refractivity contribution < 1.29 is 9.90 Å². The molecule has 0 aliphatic rings. The quantitative estimate of drug-likeness (QED) is 0.528. The number of hydrogen-bond acceptors (Lipinski definition) is 4. The fraction of sp³-hybridized carbons (Fsp3) is 0.261. The SMILES string of the molecule is Cc1ccc(C=NCC(=O)c2cc(C(C)(C)C)nn2-c2ccccc2)c(O)c1. The lowest BCUT2D eigenvalue weighted by Gasteiger charge is -2.14. The van der Waals surface area contributed by atoms with Crippen LogP contribution in [0.1, 0.15) is 48.1 Å². The van der Waals surface area contributed by atoms with Gasteiger partial charge in [0.1, 0.15) is 18.0 Å². The van der Waals surface area contributed by atoms with E-state index in [2.05, 4.69) is 30.9 Å². The Balaban J connectivity index is 1.88. The Labute approximate surface area is 165 Å². The van der Waals surface area contributed by atoms with E-state index in [1.54, 1.807) is 16.8 Å². The number of phenolic OH excluding ortho intramolecular Hbond substituents is 1. The van der Waals surface area contributed by atoms with Gasteiger partial charge in [-0.05, 0) is 42.8 Å². The van der Waals surface area contributed by atoms with Gasteiger partial charge >= 0.3 is 0 Å². The van der Waals surface area contributed by atoms with Gasteiger partial charge < -0.3 is 5.11 Å². The Kier molecular flexibility index (Phi) is 5.45. The third-order valence-electron chi connectivity index (χ3n) is 4.42. The first-order chi connectivity index (χ1) is 13.3. The molecule has 0 fully saturated rings. The van der Waals surface area contributed by atoms with Gasteiger partial charge in [0, 0.05) is 17.2 Å². The van der Waals surface area contributed by atoms with Crippen molar-refractivity contribution in [1.82, 2.24) is 9.78 Å². The van der Waals surface area contributed by atoms with Gasteiger partial charge in [0.2, 0.25) is 5.78 Å². The largest absolute Gasteiger partial charge is 0.507 e. The number of carbonyl (C=O) groups is 1.